The van der Waals surface area contributed by atoms with Gasteiger partial charge >= 0.3 is 0 Å². The van der Waals surface area contributed by atoms with E-state index in [1.165, 1.54) is 47.3 Å². The third-order valence-corrected chi connectivity index (χ3v) is 7.20. The first-order chi connectivity index (χ1) is 6.88. The summed E-state index contributed by atoms with van der Waals surface area (Å²) >= 11 is 0. The van der Waals surface area contributed by atoms with Gasteiger partial charge in [-0.2, -0.15) is 0 Å². The second-order valence-corrected chi connectivity index (χ2v) is 7.01. The fourth-order valence-corrected chi connectivity index (χ4v) is 6.70. The molecule has 0 saturated heterocycles. The van der Waals surface area contributed by atoms with Crippen molar-refractivity contribution in [1.29, 1.82) is 0 Å². The van der Waals surface area contributed by atoms with Crippen LogP contribution < -0.4 is 0 Å². The Morgan fingerprint density at radius 3 is 1.86 bits per heavy atom. The van der Waals surface area contributed by atoms with Crippen LogP contribution in [0.3, 0.4) is 0 Å². The first-order valence-corrected chi connectivity index (χ1v) is 6.88. The normalized spacial score (nSPS) is 76.4. The Bertz CT molecular complexity index is 310. The van der Waals surface area contributed by atoms with Gasteiger partial charge in [-0.15, -0.1) is 0 Å². The van der Waals surface area contributed by atoms with Crippen molar-refractivity contribution in [1.82, 2.24) is 0 Å². The Labute approximate surface area is 87.2 Å². The average Bonchev–Trinajstić information content (AvgIpc) is 2.40. The van der Waals surface area contributed by atoms with Crippen LogP contribution in [0.1, 0.15) is 25.7 Å². The quantitative estimate of drug-likeness (QED) is 0.400. The monoisotopic (exact) mass is 186 g/mol. The fourth-order valence-electron chi connectivity index (χ4n) is 6.70. The summed E-state index contributed by atoms with van der Waals surface area (Å²) < 4.78 is 0. The van der Waals surface area contributed by atoms with Gasteiger partial charge in [0.15, 0.2) is 0 Å². The molecule has 9 unspecified atom stereocenters. The first kappa shape index (κ1) is 7.36. The highest BCUT2D eigenvalue weighted by Crippen LogP contribution is 2.82. The molecule has 0 spiro atoms. The van der Waals surface area contributed by atoms with Gasteiger partial charge in [0.25, 0.3) is 0 Å². The summed E-state index contributed by atoms with van der Waals surface area (Å²) in [4.78, 5) is 0. The number of fused-ring (bicyclic) bond motifs is 10. The summed E-state index contributed by atoms with van der Waals surface area (Å²) in [6.45, 7) is 0. The minimum Gasteiger partial charge on any atom is -0.0664 e. The SMILES string of the molecule is BC1CCC2C1C1C3C4CCC4C3C21. The van der Waals surface area contributed by atoms with Gasteiger partial charge in [-0.1, -0.05) is 18.7 Å². The molecule has 0 bridgehead atoms. The largest absolute Gasteiger partial charge is 0.105 e. The van der Waals surface area contributed by atoms with Gasteiger partial charge in [0.2, 0.25) is 0 Å². The summed E-state index contributed by atoms with van der Waals surface area (Å²) in [5.41, 5.74) is 0. The van der Waals surface area contributed by atoms with E-state index in [0.29, 0.717) is 0 Å². The molecule has 0 aromatic rings. The molecule has 5 aliphatic carbocycles. The highest BCUT2D eigenvalue weighted by molar-refractivity contribution is 6.12. The van der Waals surface area contributed by atoms with Crippen LogP contribution in [0.4, 0.5) is 0 Å². The molecule has 0 heterocycles. The van der Waals surface area contributed by atoms with Gasteiger partial charge in [-0.05, 0) is 60.2 Å². The summed E-state index contributed by atoms with van der Waals surface area (Å²) in [6.07, 6.45) is 6.40. The van der Waals surface area contributed by atoms with Crippen molar-refractivity contribution in [3.05, 3.63) is 0 Å². The van der Waals surface area contributed by atoms with Gasteiger partial charge < -0.3 is 0 Å². The molecule has 14 heavy (non-hydrogen) atoms. The maximum absolute atomic E-state index is 2.53. The predicted octanol–water partition coefficient (Wildman–Crippen LogP) is 1.97. The highest BCUT2D eigenvalue weighted by Gasteiger charge is 2.77. The number of hydrogen-bond acceptors (Lipinski definition) is 0. The molecule has 5 rings (SSSR count). The van der Waals surface area contributed by atoms with E-state index in [2.05, 4.69) is 7.85 Å². The molecule has 9 atom stereocenters. The van der Waals surface area contributed by atoms with E-state index in [-0.39, 0.29) is 0 Å². The molecule has 74 valence electrons. The molecule has 0 aromatic heterocycles. The topological polar surface area (TPSA) is 0 Å². The van der Waals surface area contributed by atoms with Gasteiger partial charge in [0.1, 0.15) is 7.85 Å². The summed E-state index contributed by atoms with van der Waals surface area (Å²) in [7, 11) is 2.53. The van der Waals surface area contributed by atoms with Crippen LogP contribution in [-0.4, -0.2) is 7.85 Å². The highest BCUT2D eigenvalue weighted by atomic mass is 14.8. The smallest absolute Gasteiger partial charge is 0.0664 e. The molecule has 5 saturated carbocycles. The van der Waals surface area contributed by atoms with Crippen molar-refractivity contribution in [2.45, 2.75) is 31.5 Å². The predicted molar refractivity (Wildman–Crippen MR) is 58.7 cm³/mol. The molecule has 0 radical (unpaired) electrons. The molecule has 0 N–H and O–H groups in total. The second kappa shape index (κ2) is 1.97. The van der Waals surface area contributed by atoms with E-state index in [1.54, 1.807) is 25.7 Å². The Morgan fingerprint density at radius 1 is 0.571 bits per heavy atom. The lowest BCUT2D eigenvalue weighted by Gasteiger charge is -2.81. The van der Waals surface area contributed by atoms with Crippen molar-refractivity contribution >= 4 is 7.85 Å². The standard InChI is InChI=1S/C13H19B/c14-8-4-3-7-9(8)13-11-6-2-1-5(6)10(11)12(7)13/h5-13H,1-4,14H2. The molecular weight excluding hydrogens is 167 g/mol. The summed E-state index contributed by atoms with van der Waals surface area (Å²) in [6, 6.07) is 0. The van der Waals surface area contributed by atoms with Gasteiger partial charge in [0, 0.05) is 0 Å². The van der Waals surface area contributed by atoms with Crippen LogP contribution in [0.15, 0.2) is 0 Å². The summed E-state index contributed by atoms with van der Waals surface area (Å²) in [5, 5.41) is 0. The molecule has 0 nitrogen and oxygen atoms in total. The van der Waals surface area contributed by atoms with E-state index in [1.807, 2.05) is 0 Å². The number of hydrogen-bond donors (Lipinski definition) is 0. The van der Waals surface area contributed by atoms with Crippen LogP contribution in [0, 0.1) is 47.3 Å². The zero-order valence-electron chi connectivity index (χ0n) is 9.02. The van der Waals surface area contributed by atoms with Crippen molar-refractivity contribution in [2.24, 2.45) is 47.3 Å². The Hall–Kier alpha value is 0.0649. The summed E-state index contributed by atoms with van der Waals surface area (Å²) in [5.74, 6) is 11.1. The minimum absolute atomic E-state index is 1.10. The van der Waals surface area contributed by atoms with Crippen molar-refractivity contribution in [3.63, 3.8) is 0 Å². The Kier molecular flexibility index (Phi) is 1.04. The maximum atomic E-state index is 2.53. The zero-order valence-corrected chi connectivity index (χ0v) is 9.02. The van der Waals surface area contributed by atoms with Crippen LogP contribution >= 0.6 is 0 Å². The molecule has 5 fully saturated rings. The Balaban J connectivity index is 1.49. The second-order valence-electron chi connectivity index (χ2n) is 7.01. The van der Waals surface area contributed by atoms with E-state index in [0.717, 1.165) is 5.82 Å². The molecule has 0 amide bonds. The minimum atomic E-state index is 1.10. The van der Waals surface area contributed by atoms with Gasteiger partial charge in [-0.3, -0.25) is 0 Å². The number of rotatable bonds is 0. The molecule has 1 heteroatoms. The average molecular weight is 186 g/mol. The molecule has 0 aromatic carbocycles. The van der Waals surface area contributed by atoms with Crippen LogP contribution in [0.2, 0.25) is 5.82 Å². The lowest BCUT2D eigenvalue weighted by molar-refractivity contribution is -0.330. The lowest BCUT2D eigenvalue weighted by Crippen LogP contribution is -2.76. The van der Waals surface area contributed by atoms with Crippen LogP contribution in [-0.2, 0) is 0 Å². The van der Waals surface area contributed by atoms with Crippen molar-refractivity contribution < 1.29 is 0 Å². The molecular formula is C13H19B. The van der Waals surface area contributed by atoms with E-state index in [4.69, 9.17) is 0 Å². The fraction of sp³-hybridized carbons (Fsp3) is 1.00. The van der Waals surface area contributed by atoms with Crippen LogP contribution in [0.5, 0.6) is 0 Å². The molecule has 5 aliphatic rings. The van der Waals surface area contributed by atoms with Crippen molar-refractivity contribution in [2.75, 3.05) is 0 Å². The Morgan fingerprint density at radius 2 is 1.14 bits per heavy atom. The third-order valence-electron chi connectivity index (χ3n) is 7.20. The lowest BCUT2D eigenvalue weighted by atomic mass is 9.23. The first-order valence-electron chi connectivity index (χ1n) is 6.88. The van der Waals surface area contributed by atoms with Gasteiger partial charge in [-0.25, -0.2) is 0 Å². The maximum Gasteiger partial charge on any atom is 0.105 e. The van der Waals surface area contributed by atoms with E-state index >= 15 is 0 Å². The zero-order chi connectivity index (χ0) is 9.02. The van der Waals surface area contributed by atoms with E-state index in [9.17, 15) is 0 Å². The van der Waals surface area contributed by atoms with Crippen molar-refractivity contribution in [3.8, 4) is 0 Å². The van der Waals surface area contributed by atoms with E-state index < -0.39 is 0 Å². The third kappa shape index (κ3) is 0.505. The van der Waals surface area contributed by atoms with Gasteiger partial charge in [0.05, 0.1) is 0 Å². The van der Waals surface area contributed by atoms with Crippen LogP contribution in [0.25, 0.3) is 0 Å². The molecule has 0 aliphatic heterocycles.